The Labute approximate surface area is 98.2 Å². The number of rotatable bonds is 6. The molecule has 0 spiro atoms. The molecule has 0 aliphatic carbocycles. The van der Waals surface area contributed by atoms with E-state index in [0.717, 1.165) is 24.8 Å². The van der Waals surface area contributed by atoms with Crippen LogP contribution in [0.2, 0.25) is 0 Å². The smallest absolute Gasteiger partial charge is 0.140 e. The van der Waals surface area contributed by atoms with Crippen molar-refractivity contribution in [2.75, 3.05) is 0 Å². The van der Waals surface area contributed by atoms with Crippen LogP contribution < -0.4 is 0 Å². The van der Waals surface area contributed by atoms with E-state index in [0.29, 0.717) is 0 Å². The summed E-state index contributed by atoms with van der Waals surface area (Å²) in [4.78, 5) is 11.8. The Morgan fingerprint density at radius 1 is 1.38 bits per heavy atom. The second-order valence-corrected chi connectivity index (χ2v) is 4.44. The van der Waals surface area contributed by atoms with Gasteiger partial charge in [0.15, 0.2) is 0 Å². The lowest BCUT2D eigenvalue weighted by Gasteiger charge is -2.27. The number of carbonyl (C=O) groups excluding carboxylic acids is 1. The monoisotopic (exact) mass is 216 g/mol. The molecule has 16 heavy (non-hydrogen) atoms. The highest BCUT2D eigenvalue weighted by Gasteiger charge is 2.30. The molecule has 0 saturated carbocycles. The van der Waals surface area contributed by atoms with Gasteiger partial charge in [0.05, 0.1) is 5.41 Å². The number of carbonyl (C=O) groups is 1. The third kappa shape index (κ3) is 2.82. The zero-order chi connectivity index (χ0) is 12.0. The Morgan fingerprint density at radius 2 is 2.00 bits per heavy atom. The second kappa shape index (κ2) is 5.64. The largest absolute Gasteiger partial charge is 0.299 e. The van der Waals surface area contributed by atoms with E-state index in [1.807, 2.05) is 43.3 Å². The van der Waals surface area contributed by atoms with Crippen LogP contribution in [-0.2, 0) is 10.2 Å². The molecule has 0 saturated heterocycles. The molecule has 1 rings (SSSR count). The van der Waals surface area contributed by atoms with Crippen molar-refractivity contribution in [1.29, 1.82) is 0 Å². The molecule has 0 heterocycles. The van der Waals surface area contributed by atoms with E-state index in [1.165, 1.54) is 0 Å². The van der Waals surface area contributed by atoms with Crippen LogP contribution in [-0.4, -0.2) is 5.78 Å². The van der Waals surface area contributed by atoms with Crippen LogP contribution in [0.5, 0.6) is 0 Å². The van der Waals surface area contributed by atoms with Gasteiger partial charge in [-0.3, -0.25) is 4.79 Å². The summed E-state index contributed by atoms with van der Waals surface area (Å²) >= 11 is 0. The van der Waals surface area contributed by atoms with Gasteiger partial charge in [-0.15, -0.1) is 6.58 Å². The molecule has 1 aromatic rings. The zero-order valence-corrected chi connectivity index (χ0v) is 10.2. The molecule has 0 N–H and O–H groups in total. The van der Waals surface area contributed by atoms with Crippen molar-refractivity contribution in [3.8, 4) is 0 Å². The number of allylic oxidation sites excluding steroid dienone is 1. The molecule has 0 bridgehead atoms. The van der Waals surface area contributed by atoms with Crippen LogP contribution in [0, 0.1) is 0 Å². The van der Waals surface area contributed by atoms with Crippen LogP contribution in [0.3, 0.4) is 0 Å². The van der Waals surface area contributed by atoms with E-state index in [2.05, 4.69) is 6.58 Å². The maximum atomic E-state index is 11.8. The van der Waals surface area contributed by atoms with Gasteiger partial charge in [-0.1, -0.05) is 36.4 Å². The molecule has 0 aromatic heterocycles. The van der Waals surface area contributed by atoms with E-state index < -0.39 is 0 Å². The summed E-state index contributed by atoms with van der Waals surface area (Å²) < 4.78 is 0. The molecule has 0 amide bonds. The highest BCUT2D eigenvalue weighted by Crippen LogP contribution is 2.30. The molecule has 0 unspecified atom stereocenters. The lowest BCUT2D eigenvalue weighted by Crippen LogP contribution is -2.30. The highest BCUT2D eigenvalue weighted by molar-refractivity contribution is 5.87. The molecule has 1 heteroatoms. The standard InChI is InChI=1S/C15H20O/c1-4-5-9-12-15(3,13(2)16)14-10-7-6-8-11-14/h4,6-8,10-11H,1,5,9,12H2,2-3H3/t15-/m1/s1. The van der Waals surface area contributed by atoms with Gasteiger partial charge in [0.25, 0.3) is 0 Å². The number of benzene rings is 1. The van der Waals surface area contributed by atoms with Crippen LogP contribution in [0.1, 0.15) is 38.7 Å². The SMILES string of the molecule is C=CCCC[C@](C)(C(C)=O)c1ccccc1. The van der Waals surface area contributed by atoms with Gasteiger partial charge in [-0.2, -0.15) is 0 Å². The minimum Gasteiger partial charge on any atom is -0.299 e. The molecule has 1 nitrogen and oxygen atoms in total. The number of hydrogen-bond donors (Lipinski definition) is 0. The highest BCUT2D eigenvalue weighted by atomic mass is 16.1. The molecule has 0 radical (unpaired) electrons. The van der Waals surface area contributed by atoms with Crippen molar-refractivity contribution in [2.24, 2.45) is 0 Å². The first-order valence-corrected chi connectivity index (χ1v) is 5.78. The molecular weight excluding hydrogens is 196 g/mol. The maximum absolute atomic E-state index is 11.8. The fourth-order valence-electron chi connectivity index (χ4n) is 1.93. The van der Waals surface area contributed by atoms with Crippen molar-refractivity contribution in [3.05, 3.63) is 48.6 Å². The van der Waals surface area contributed by atoms with Gasteiger partial charge in [0.2, 0.25) is 0 Å². The van der Waals surface area contributed by atoms with Crippen LogP contribution in [0.15, 0.2) is 43.0 Å². The van der Waals surface area contributed by atoms with Crippen molar-refractivity contribution < 1.29 is 4.79 Å². The summed E-state index contributed by atoms with van der Waals surface area (Å²) in [6.07, 6.45) is 4.77. The minimum absolute atomic E-state index is 0.239. The Morgan fingerprint density at radius 3 is 2.50 bits per heavy atom. The molecular formula is C15H20O. The van der Waals surface area contributed by atoms with Gasteiger partial charge < -0.3 is 0 Å². The van der Waals surface area contributed by atoms with Crippen molar-refractivity contribution >= 4 is 5.78 Å². The quantitative estimate of drug-likeness (QED) is 0.521. The van der Waals surface area contributed by atoms with Crippen molar-refractivity contribution in [3.63, 3.8) is 0 Å². The summed E-state index contributed by atoms with van der Waals surface area (Å²) in [6, 6.07) is 10.0. The normalized spacial score (nSPS) is 14.1. The second-order valence-electron chi connectivity index (χ2n) is 4.44. The average molecular weight is 216 g/mol. The van der Waals surface area contributed by atoms with E-state index in [-0.39, 0.29) is 11.2 Å². The predicted molar refractivity (Wildman–Crippen MR) is 68.5 cm³/mol. The Hall–Kier alpha value is -1.37. The van der Waals surface area contributed by atoms with Gasteiger partial charge in [-0.25, -0.2) is 0 Å². The first-order valence-electron chi connectivity index (χ1n) is 5.78. The zero-order valence-electron chi connectivity index (χ0n) is 10.2. The lowest BCUT2D eigenvalue weighted by atomic mass is 9.75. The Balaban J connectivity index is 2.89. The van der Waals surface area contributed by atoms with Gasteiger partial charge in [0.1, 0.15) is 5.78 Å². The summed E-state index contributed by atoms with van der Waals surface area (Å²) in [7, 11) is 0. The average Bonchev–Trinajstić information content (AvgIpc) is 2.30. The van der Waals surface area contributed by atoms with Gasteiger partial charge in [0, 0.05) is 0 Å². The molecule has 0 aliphatic heterocycles. The van der Waals surface area contributed by atoms with Crippen LogP contribution >= 0.6 is 0 Å². The van der Waals surface area contributed by atoms with Crippen LogP contribution in [0.25, 0.3) is 0 Å². The lowest BCUT2D eigenvalue weighted by molar-refractivity contribution is -0.122. The Bertz CT molecular complexity index is 353. The summed E-state index contributed by atoms with van der Waals surface area (Å²) in [5.74, 6) is 0.239. The molecule has 86 valence electrons. The van der Waals surface area contributed by atoms with E-state index in [4.69, 9.17) is 0 Å². The van der Waals surface area contributed by atoms with Crippen LogP contribution in [0.4, 0.5) is 0 Å². The maximum Gasteiger partial charge on any atom is 0.140 e. The summed E-state index contributed by atoms with van der Waals surface area (Å²) in [5, 5.41) is 0. The van der Waals surface area contributed by atoms with E-state index in [9.17, 15) is 4.79 Å². The number of ketones is 1. The molecule has 1 atom stereocenters. The third-order valence-electron chi connectivity index (χ3n) is 3.27. The fourth-order valence-corrected chi connectivity index (χ4v) is 1.93. The Kier molecular flexibility index (Phi) is 4.48. The molecule has 0 fully saturated rings. The fraction of sp³-hybridized carbons (Fsp3) is 0.400. The van der Waals surface area contributed by atoms with E-state index >= 15 is 0 Å². The van der Waals surface area contributed by atoms with Gasteiger partial charge in [-0.05, 0) is 38.7 Å². The summed E-state index contributed by atoms with van der Waals surface area (Å²) in [5.41, 5.74) is 0.774. The van der Waals surface area contributed by atoms with Crippen molar-refractivity contribution in [1.82, 2.24) is 0 Å². The first-order chi connectivity index (χ1) is 7.61. The number of unbranched alkanes of at least 4 members (excludes halogenated alkanes) is 1. The molecule has 0 aliphatic rings. The van der Waals surface area contributed by atoms with E-state index in [1.54, 1.807) is 6.92 Å². The number of Topliss-reactive ketones (excluding diaryl/α,β-unsaturated/α-hetero) is 1. The van der Waals surface area contributed by atoms with Gasteiger partial charge >= 0.3 is 0 Å². The molecule has 1 aromatic carbocycles. The number of hydrogen-bond acceptors (Lipinski definition) is 1. The topological polar surface area (TPSA) is 17.1 Å². The summed E-state index contributed by atoms with van der Waals surface area (Å²) in [6.45, 7) is 7.43. The predicted octanol–water partition coefficient (Wildman–Crippen LogP) is 3.89. The first kappa shape index (κ1) is 12.7. The van der Waals surface area contributed by atoms with Crippen molar-refractivity contribution in [2.45, 2.75) is 38.5 Å². The third-order valence-corrected chi connectivity index (χ3v) is 3.27. The minimum atomic E-state index is -0.343.